The molecular weight excluding hydrogens is 482 g/mol. The number of para-hydroxylation sites is 1. The van der Waals surface area contributed by atoms with Crippen molar-refractivity contribution >= 4 is 28.5 Å². The molecule has 196 valence electrons. The molecule has 3 N–H and O–H groups in total. The minimum Gasteiger partial charge on any atom is -0.504 e. The Morgan fingerprint density at radius 3 is 2.47 bits per heavy atom. The highest BCUT2D eigenvalue weighted by Gasteiger charge is 2.35. The number of anilines is 1. The zero-order valence-electron chi connectivity index (χ0n) is 21.2. The number of aromatic hydroxyl groups is 2. The van der Waals surface area contributed by atoms with Gasteiger partial charge in [0.05, 0.1) is 5.52 Å². The van der Waals surface area contributed by atoms with E-state index < -0.39 is 6.04 Å². The largest absolute Gasteiger partial charge is 0.504 e. The zero-order valence-corrected chi connectivity index (χ0v) is 21.2. The number of phenolic OH excluding ortho intramolecular Hbond substituents is 2. The third-order valence-corrected chi connectivity index (χ3v) is 7.06. The molecule has 1 saturated carbocycles. The summed E-state index contributed by atoms with van der Waals surface area (Å²) in [4.78, 5) is 29.4. The summed E-state index contributed by atoms with van der Waals surface area (Å²) in [6, 6.07) is 17.9. The molecule has 0 aliphatic heterocycles. The molecule has 0 saturated heterocycles. The molecule has 38 heavy (non-hydrogen) atoms. The van der Waals surface area contributed by atoms with Crippen LogP contribution in [0.25, 0.3) is 11.0 Å². The maximum absolute atomic E-state index is 14.0. The van der Waals surface area contributed by atoms with Gasteiger partial charge < -0.3 is 15.5 Å². The number of nitrogens with zero attached hydrogens (tertiary/aromatic N) is 4. The third-order valence-electron chi connectivity index (χ3n) is 7.06. The topological polar surface area (TPSA) is 121 Å². The van der Waals surface area contributed by atoms with Gasteiger partial charge in [-0.05, 0) is 61.7 Å². The maximum atomic E-state index is 14.0. The molecule has 4 aromatic rings. The summed E-state index contributed by atoms with van der Waals surface area (Å²) in [5, 5.41) is 31.7. The molecule has 0 spiro atoms. The highest BCUT2D eigenvalue weighted by atomic mass is 16.3. The standard InChI is InChI=1S/C29H31N5O4/c1-19-11-14-22(15-12-19)34(27(37)18-33-24-10-6-5-9-23(24)31-32-33)28(20-13-16-25(35)26(36)17-20)29(38)30-21-7-3-2-4-8-21/h5-6,9-17,21,28,35-36H,2-4,7-8,18H2,1H3,(H,30,38)/t28-/m1/s1. The zero-order chi connectivity index (χ0) is 26.6. The van der Waals surface area contributed by atoms with Gasteiger partial charge in [-0.1, -0.05) is 60.4 Å². The van der Waals surface area contributed by atoms with Gasteiger partial charge in [-0.2, -0.15) is 0 Å². The highest BCUT2D eigenvalue weighted by Crippen LogP contribution is 2.34. The molecule has 1 atom stereocenters. The van der Waals surface area contributed by atoms with E-state index in [2.05, 4.69) is 15.6 Å². The van der Waals surface area contributed by atoms with Crippen LogP contribution >= 0.6 is 0 Å². The second-order valence-corrected chi connectivity index (χ2v) is 9.83. The van der Waals surface area contributed by atoms with Crippen molar-refractivity contribution in [2.75, 3.05) is 4.90 Å². The van der Waals surface area contributed by atoms with E-state index in [1.165, 1.54) is 21.7 Å². The fourth-order valence-electron chi connectivity index (χ4n) is 5.04. The lowest BCUT2D eigenvalue weighted by atomic mass is 9.94. The molecular formula is C29H31N5O4. The normalized spacial score (nSPS) is 14.8. The minimum atomic E-state index is -1.09. The number of phenols is 2. The van der Waals surface area contributed by atoms with E-state index >= 15 is 0 Å². The van der Waals surface area contributed by atoms with Crippen LogP contribution < -0.4 is 10.2 Å². The number of fused-ring (bicyclic) bond motifs is 1. The molecule has 5 rings (SSSR count). The van der Waals surface area contributed by atoms with Gasteiger partial charge in [-0.15, -0.1) is 5.10 Å². The molecule has 1 aliphatic rings. The SMILES string of the molecule is Cc1ccc(N(C(=O)Cn2nnc3ccccc32)[C@@H](C(=O)NC2CCCCC2)c2ccc(O)c(O)c2)cc1. The molecule has 1 aromatic heterocycles. The van der Waals surface area contributed by atoms with Crippen LogP contribution in [0.3, 0.4) is 0 Å². The van der Waals surface area contributed by atoms with Crippen molar-refractivity contribution in [2.45, 2.75) is 57.7 Å². The Morgan fingerprint density at radius 2 is 1.74 bits per heavy atom. The lowest BCUT2D eigenvalue weighted by Crippen LogP contribution is -2.48. The number of rotatable bonds is 7. The number of carbonyl (C=O) groups excluding carboxylic acids is 2. The van der Waals surface area contributed by atoms with Crippen LogP contribution in [0.4, 0.5) is 5.69 Å². The number of carbonyl (C=O) groups is 2. The Hall–Kier alpha value is -4.40. The summed E-state index contributed by atoms with van der Waals surface area (Å²) in [5.41, 5.74) is 3.29. The first-order chi connectivity index (χ1) is 18.4. The van der Waals surface area contributed by atoms with E-state index in [0.29, 0.717) is 22.3 Å². The maximum Gasteiger partial charge on any atom is 0.249 e. The smallest absolute Gasteiger partial charge is 0.249 e. The van der Waals surface area contributed by atoms with Gasteiger partial charge in [-0.3, -0.25) is 14.5 Å². The summed E-state index contributed by atoms with van der Waals surface area (Å²) in [6.07, 6.45) is 4.97. The van der Waals surface area contributed by atoms with Crippen LogP contribution in [-0.2, 0) is 16.1 Å². The van der Waals surface area contributed by atoms with E-state index in [0.717, 1.165) is 37.7 Å². The molecule has 0 bridgehead atoms. The Morgan fingerprint density at radius 1 is 1.00 bits per heavy atom. The summed E-state index contributed by atoms with van der Waals surface area (Å²) < 4.78 is 1.52. The number of aryl methyl sites for hydroxylation is 1. The van der Waals surface area contributed by atoms with Crippen molar-refractivity contribution in [3.8, 4) is 11.5 Å². The van der Waals surface area contributed by atoms with E-state index in [9.17, 15) is 19.8 Å². The molecule has 3 aromatic carbocycles. The average molecular weight is 514 g/mol. The molecule has 0 unspecified atom stereocenters. The van der Waals surface area contributed by atoms with Gasteiger partial charge in [0.1, 0.15) is 18.1 Å². The Balaban J connectivity index is 1.57. The monoisotopic (exact) mass is 513 g/mol. The molecule has 0 radical (unpaired) electrons. The number of hydrogen-bond acceptors (Lipinski definition) is 6. The number of hydrogen-bond donors (Lipinski definition) is 3. The summed E-state index contributed by atoms with van der Waals surface area (Å²) in [7, 11) is 0. The average Bonchev–Trinajstić information content (AvgIpc) is 3.32. The predicted molar refractivity (Wildman–Crippen MR) is 144 cm³/mol. The second kappa shape index (κ2) is 10.9. The van der Waals surface area contributed by atoms with Crippen molar-refractivity contribution in [1.82, 2.24) is 20.3 Å². The van der Waals surface area contributed by atoms with Crippen LogP contribution in [-0.4, -0.2) is 43.1 Å². The van der Waals surface area contributed by atoms with Crippen molar-refractivity contribution < 1.29 is 19.8 Å². The van der Waals surface area contributed by atoms with Crippen molar-refractivity contribution in [2.24, 2.45) is 0 Å². The summed E-state index contributed by atoms with van der Waals surface area (Å²) in [5.74, 6) is -1.39. The first-order valence-electron chi connectivity index (χ1n) is 12.9. The Bertz CT molecular complexity index is 1440. The van der Waals surface area contributed by atoms with E-state index in [4.69, 9.17) is 0 Å². The molecule has 2 amide bonds. The lowest BCUT2D eigenvalue weighted by Gasteiger charge is -2.33. The van der Waals surface area contributed by atoms with E-state index in [1.54, 1.807) is 18.2 Å². The number of benzene rings is 3. The number of aromatic nitrogens is 3. The van der Waals surface area contributed by atoms with Crippen molar-refractivity contribution in [3.63, 3.8) is 0 Å². The molecule has 9 nitrogen and oxygen atoms in total. The first-order valence-corrected chi connectivity index (χ1v) is 12.9. The molecule has 9 heteroatoms. The van der Waals surface area contributed by atoms with Gasteiger partial charge in [-0.25, -0.2) is 4.68 Å². The summed E-state index contributed by atoms with van der Waals surface area (Å²) >= 11 is 0. The molecule has 1 fully saturated rings. The van der Waals surface area contributed by atoms with Gasteiger partial charge in [0.15, 0.2) is 11.5 Å². The fourth-order valence-corrected chi connectivity index (χ4v) is 5.04. The second-order valence-electron chi connectivity index (χ2n) is 9.83. The third kappa shape index (κ3) is 5.32. The van der Waals surface area contributed by atoms with Crippen LogP contribution in [0.2, 0.25) is 0 Å². The van der Waals surface area contributed by atoms with Gasteiger partial charge >= 0.3 is 0 Å². The van der Waals surface area contributed by atoms with E-state index in [1.807, 2.05) is 43.3 Å². The van der Waals surface area contributed by atoms with Crippen molar-refractivity contribution in [1.29, 1.82) is 0 Å². The Labute approximate surface area is 220 Å². The van der Waals surface area contributed by atoms with Crippen LogP contribution in [0.1, 0.15) is 49.3 Å². The first kappa shape index (κ1) is 25.3. The Kier molecular flexibility index (Phi) is 7.26. The molecule has 1 aliphatic carbocycles. The lowest BCUT2D eigenvalue weighted by molar-refractivity contribution is -0.127. The van der Waals surface area contributed by atoms with Gasteiger partial charge in [0, 0.05) is 11.7 Å². The number of nitrogens with one attached hydrogen (secondary N) is 1. The number of amides is 2. The van der Waals surface area contributed by atoms with Crippen LogP contribution in [0, 0.1) is 6.92 Å². The molecule has 1 heterocycles. The quantitative estimate of drug-likeness (QED) is 0.316. The van der Waals surface area contributed by atoms with Crippen LogP contribution in [0.15, 0.2) is 66.7 Å². The van der Waals surface area contributed by atoms with Gasteiger partial charge in [0.2, 0.25) is 11.8 Å². The highest BCUT2D eigenvalue weighted by molar-refractivity contribution is 6.01. The summed E-state index contributed by atoms with van der Waals surface area (Å²) in [6.45, 7) is 1.80. The van der Waals surface area contributed by atoms with Crippen LogP contribution in [0.5, 0.6) is 11.5 Å². The van der Waals surface area contributed by atoms with Gasteiger partial charge in [0.25, 0.3) is 0 Å². The van der Waals surface area contributed by atoms with E-state index in [-0.39, 0.29) is 35.9 Å². The fraction of sp³-hybridized carbons (Fsp3) is 0.310. The van der Waals surface area contributed by atoms with Crippen molar-refractivity contribution in [3.05, 3.63) is 77.9 Å². The minimum absolute atomic E-state index is 0.0127. The predicted octanol–water partition coefficient (Wildman–Crippen LogP) is 4.37.